The number of hydrogen-bond acceptors (Lipinski definition) is 8. The highest BCUT2D eigenvalue weighted by atomic mass is 16.6. The minimum atomic E-state index is -1.19. The molecule has 1 aliphatic carbocycles. The van der Waals surface area contributed by atoms with E-state index in [1.54, 1.807) is 12.1 Å². The minimum absolute atomic E-state index is 0.0212. The maximum Gasteiger partial charge on any atom is 0.374 e. The summed E-state index contributed by atoms with van der Waals surface area (Å²) in [6, 6.07) is 10.9. The molecule has 9 nitrogen and oxygen atoms in total. The van der Waals surface area contributed by atoms with E-state index in [1.807, 2.05) is 0 Å². The number of ketones is 3. The zero-order valence-electron chi connectivity index (χ0n) is 16.4. The van der Waals surface area contributed by atoms with Crippen molar-refractivity contribution in [3.05, 3.63) is 80.9 Å². The third-order valence-electron chi connectivity index (χ3n) is 4.88. The summed E-state index contributed by atoms with van der Waals surface area (Å²) in [5, 5.41) is 21.8. The fourth-order valence-corrected chi connectivity index (χ4v) is 3.40. The summed E-state index contributed by atoms with van der Waals surface area (Å²) in [5.74, 6) is -5.65. The van der Waals surface area contributed by atoms with Gasteiger partial charge in [0.05, 0.1) is 17.1 Å². The molecule has 158 valence electrons. The van der Waals surface area contributed by atoms with Crippen molar-refractivity contribution in [1.29, 1.82) is 0 Å². The van der Waals surface area contributed by atoms with Crippen LogP contribution in [0.5, 0.6) is 0 Å². The maximum absolute atomic E-state index is 12.9. The van der Waals surface area contributed by atoms with Crippen LogP contribution in [0.1, 0.15) is 40.7 Å². The molecular formula is C22H17NO8. The molecule has 0 fully saturated rings. The van der Waals surface area contributed by atoms with Gasteiger partial charge in [-0.25, -0.2) is 4.79 Å². The van der Waals surface area contributed by atoms with Crippen molar-refractivity contribution in [2.45, 2.75) is 19.3 Å². The van der Waals surface area contributed by atoms with Crippen molar-refractivity contribution >= 4 is 34.8 Å². The van der Waals surface area contributed by atoms with Crippen LogP contribution in [0.2, 0.25) is 0 Å². The Balaban J connectivity index is 2.14. The highest BCUT2D eigenvalue weighted by Gasteiger charge is 2.39. The first-order chi connectivity index (χ1) is 14.8. The number of allylic oxidation sites excluding steroid dienone is 1. The Morgan fingerprint density at radius 3 is 2.23 bits per heavy atom. The smallest absolute Gasteiger partial charge is 0.374 e. The van der Waals surface area contributed by atoms with Gasteiger partial charge in [0.15, 0.2) is 0 Å². The van der Waals surface area contributed by atoms with Gasteiger partial charge in [0.25, 0.3) is 5.69 Å². The van der Waals surface area contributed by atoms with Crippen LogP contribution in [0.4, 0.5) is 5.69 Å². The van der Waals surface area contributed by atoms with Crippen LogP contribution in [0.25, 0.3) is 5.76 Å². The van der Waals surface area contributed by atoms with Crippen molar-refractivity contribution in [1.82, 2.24) is 0 Å². The van der Waals surface area contributed by atoms with Crippen LogP contribution in [-0.2, 0) is 19.1 Å². The number of hydrogen-bond donors (Lipinski definition) is 1. The van der Waals surface area contributed by atoms with Gasteiger partial charge in [-0.15, -0.1) is 0 Å². The predicted octanol–water partition coefficient (Wildman–Crippen LogP) is 2.94. The van der Waals surface area contributed by atoms with Gasteiger partial charge >= 0.3 is 5.97 Å². The number of ether oxygens (including phenoxy) is 1. The molecule has 9 heteroatoms. The normalized spacial score (nSPS) is 14.1. The van der Waals surface area contributed by atoms with Crippen molar-refractivity contribution in [2.24, 2.45) is 0 Å². The summed E-state index contributed by atoms with van der Waals surface area (Å²) in [6.07, 6.45) is -0.572. The molecule has 1 N–H and O–H groups in total. The summed E-state index contributed by atoms with van der Waals surface area (Å²) >= 11 is 0. The highest BCUT2D eigenvalue weighted by Crippen LogP contribution is 2.38. The number of rotatable bonds is 7. The summed E-state index contributed by atoms with van der Waals surface area (Å²) < 4.78 is 4.70. The topological polar surface area (TPSA) is 141 Å². The molecule has 2 aromatic rings. The van der Waals surface area contributed by atoms with Gasteiger partial charge in [-0.1, -0.05) is 36.4 Å². The van der Waals surface area contributed by atoms with E-state index in [0.29, 0.717) is 0 Å². The second kappa shape index (κ2) is 8.70. The second-order valence-corrected chi connectivity index (χ2v) is 6.72. The molecule has 2 aromatic carbocycles. The molecule has 0 spiro atoms. The highest BCUT2D eigenvalue weighted by molar-refractivity contribution is 6.52. The molecule has 0 radical (unpaired) electrons. The molecule has 0 saturated heterocycles. The average molecular weight is 423 g/mol. The number of Topliss-reactive ketones (excluding diaryl/α,β-unsaturated/α-hetero) is 3. The number of aliphatic hydroxyl groups excluding tert-OH is 1. The molecule has 0 heterocycles. The quantitative estimate of drug-likeness (QED) is 0.310. The van der Waals surface area contributed by atoms with Crippen LogP contribution >= 0.6 is 0 Å². The number of nitro groups is 1. The van der Waals surface area contributed by atoms with Crippen molar-refractivity contribution in [3.8, 4) is 0 Å². The number of carbonyl (C=O) groups is 4. The maximum atomic E-state index is 12.9. The first kappa shape index (κ1) is 21.6. The lowest BCUT2D eigenvalue weighted by Crippen LogP contribution is -2.29. The van der Waals surface area contributed by atoms with E-state index in [-0.39, 0.29) is 34.6 Å². The first-order valence-corrected chi connectivity index (χ1v) is 9.32. The zero-order valence-corrected chi connectivity index (χ0v) is 16.4. The van der Waals surface area contributed by atoms with Gasteiger partial charge in [0.2, 0.25) is 17.3 Å². The van der Waals surface area contributed by atoms with Gasteiger partial charge in [-0.2, -0.15) is 0 Å². The Morgan fingerprint density at radius 1 is 1.03 bits per heavy atom. The SMILES string of the molecule is CCOC(=O)C(=O)C[C@@H](C1=C(O)c2ccccc2C(=O)C1=O)c1ccc([N+](=O)[O-])cc1. The zero-order chi connectivity index (χ0) is 22.7. The summed E-state index contributed by atoms with van der Waals surface area (Å²) in [5.41, 5.74) is -0.195. The number of nitrogens with zero attached hydrogens (tertiary/aromatic N) is 1. The number of esters is 1. The van der Waals surface area contributed by atoms with E-state index in [2.05, 4.69) is 0 Å². The Kier molecular flexibility index (Phi) is 6.05. The van der Waals surface area contributed by atoms with E-state index in [4.69, 9.17) is 4.74 Å². The molecule has 0 aliphatic heterocycles. The lowest BCUT2D eigenvalue weighted by atomic mass is 9.77. The first-order valence-electron chi connectivity index (χ1n) is 9.32. The van der Waals surface area contributed by atoms with E-state index in [1.165, 1.54) is 31.2 Å². The third-order valence-corrected chi connectivity index (χ3v) is 4.88. The third kappa shape index (κ3) is 4.11. The second-order valence-electron chi connectivity index (χ2n) is 6.72. The standard InChI is InChI=1S/C22H17NO8/c1-2-31-22(28)17(24)11-16(12-7-9-13(10-8-12)23(29)30)18-19(25)14-5-3-4-6-15(14)20(26)21(18)27/h3-10,16,25H,2,11H2,1H3/t16-/m1/s1. The molecule has 1 aliphatic rings. The van der Waals surface area contributed by atoms with Crippen LogP contribution in [0, 0.1) is 10.1 Å². The molecule has 31 heavy (non-hydrogen) atoms. The van der Waals surface area contributed by atoms with Crippen LogP contribution in [-0.4, -0.2) is 40.0 Å². The number of benzene rings is 2. The van der Waals surface area contributed by atoms with E-state index in [0.717, 1.165) is 12.1 Å². The lowest BCUT2D eigenvalue weighted by Gasteiger charge is -2.24. The van der Waals surface area contributed by atoms with Gasteiger partial charge < -0.3 is 9.84 Å². The Hall–Kier alpha value is -4.14. The average Bonchev–Trinajstić information content (AvgIpc) is 2.77. The number of aliphatic hydroxyl groups is 1. The van der Waals surface area contributed by atoms with E-state index in [9.17, 15) is 34.4 Å². The van der Waals surface area contributed by atoms with E-state index >= 15 is 0 Å². The van der Waals surface area contributed by atoms with Crippen LogP contribution in [0.15, 0.2) is 54.1 Å². The molecule has 1 atom stereocenters. The van der Waals surface area contributed by atoms with Gasteiger partial charge in [-0.05, 0) is 12.5 Å². The predicted molar refractivity (Wildman–Crippen MR) is 107 cm³/mol. The molecule has 3 rings (SSSR count). The largest absolute Gasteiger partial charge is 0.507 e. The molecule has 0 saturated carbocycles. The number of nitro benzene ring substituents is 1. The number of carbonyl (C=O) groups excluding carboxylic acids is 4. The fraction of sp³-hybridized carbons (Fsp3) is 0.182. The van der Waals surface area contributed by atoms with Crippen LogP contribution < -0.4 is 0 Å². The number of non-ortho nitro benzene ring substituents is 1. The van der Waals surface area contributed by atoms with E-state index < -0.39 is 46.3 Å². The van der Waals surface area contributed by atoms with Crippen LogP contribution in [0.3, 0.4) is 0 Å². The van der Waals surface area contributed by atoms with Crippen molar-refractivity contribution in [3.63, 3.8) is 0 Å². The monoisotopic (exact) mass is 423 g/mol. The summed E-state index contributed by atoms with van der Waals surface area (Å²) in [6.45, 7) is 1.49. The van der Waals surface area contributed by atoms with Gasteiger partial charge in [0, 0.05) is 35.6 Å². The molecule has 0 aromatic heterocycles. The Morgan fingerprint density at radius 2 is 1.65 bits per heavy atom. The Labute approximate surface area is 176 Å². The molecule has 0 bridgehead atoms. The lowest BCUT2D eigenvalue weighted by molar-refractivity contribution is -0.384. The van der Waals surface area contributed by atoms with Gasteiger partial charge in [-0.3, -0.25) is 24.5 Å². The Bertz CT molecular complexity index is 1130. The minimum Gasteiger partial charge on any atom is -0.507 e. The molecule has 0 amide bonds. The van der Waals surface area contributed by atoms with Crippen molar-refractivity contribution < 1.29 is 33.9 Å². The molecular weight excluding hydrogens is 406 g/mol. The van der Waals surface area contributed by atoms with Crippen molar-refractivity contribution in [2.75, 3.05) is 6.61 Å². The summed E-state index contributed by atoms with van der Waals surface area (Å²) in [7, 11) is 0. The van der Waals surface area contributed by atoms with Gasteiger partial charge in [0.1, 0.15) is 5.76 Å². The molecule has 0 unspecified atom stereocenters. The number of fused-ring (bicyclic) bond motifs is 1. The fourth-order valence-electron chi connectivity index (χ4n) is 3.40. The summed E-state index contributed by atoms with van der Waals surface area (Å²) in [4.78, 5) is 60.1.